The van der Waals surface area contributed by atoms with Crippen molar-refractivity contribution in [2.75, 3.05) is 23.9 Å². The molecule has 3 amide bonds. The monoisotopic (exact) mass is 375 g/mol. The van der Waals surface area contributed by atoms with Crippen LogP contribution in [0.3, 0.4) is 0 Å². The van der Waals surface area contributed by atoms with Crippen LogP contribution in [0, 0.1) is 6.92 Å². The number of aryl methyl sites for hydroxylation is 1. The van der Waals surface area contributed by atoms with Gasteiger partial charge < -0.3 is 15.0 Å². The maximum Gasteiger partial charge on any atom is 0.333 e. The van der Waals surface area contributed by atoms with E-state index in [2.05, 4.69) is 5.32 Å². The summed E-state index contributed by atoms with van der Waals surface area (Å²) in [6.45, 7) is 1.67. The number of sulfonamides is 1. The first kappa shape index (κ1) is 17.7. The van der Waals surface area contributed by atoms with Crippen LogP contribution in [-0.2, 0) is 14.8 Å². The van der Waals surface area contributed by atoms with Gasteiger partial charge in [-0.25, -0.2) is 17.9 Å². The Hall–Kier alpha value is -3.07. The first-order valence-corrected chi connectivity index (χ1v) is 9.19. The van der Waals surface area contributed by atoms with Gasteiger partial charge in [0.1, 0.15) is 0 Å². The molecule has 2 aromatic rings. The Morgan fingerprint density at radius 3 is 2.54 bits per heavy atom. The second-order valence-electron chi connectivity index (χ2n) is 5.77. The molecule has 2 N–H and O–H groups in total. The Labute approximate surface area is 150 Å². The minimum absolute atomic E-state index is 0.0186. The van der Waals surface area contributed by atoms with E-state index in [1.165, 1.54) is 17.0 Å². The number of likely N-dealkylation sites (N-methyl/N-ethyl adjacent to an activating group) is 1. The van der Waals surface area contributed by atoms with Crippen LogP contribution in [0.25, 0.3) is 0 Å². The number of ether oxygens (including phenoxy) is 1. The average Bonchev–Trinajstić information content (AvgIpc) is 2.58. The predicted octanol–water partition coefficient (Wildman–Crippen LogP) is 1.86. The number of anilines is 2. The highest BCUT2D eigenvalue weighted by molar-refractivity contribution is 7.90. The molecule has 1 aliphatic rings. The molecule has 0 atom stereocenters. The van der Waals surface area contributed by atoms with E-state index in [9.17, 15) is 18.0 Å². The standard InChI is InChI=1S/C17H17N3O5S/c1-11-6-8-12(9-7-11)26(23,24)19-17(22)18-13-4-3-5-14-16(13)25-10-15(21)20(14)2/h3-9H,10H2,1-2H3,(H2,18,19,22). The lowest BCUT2D eigenvalue weighted by Gasteiger charge is -2.27. The van der Waals surface area contributed by atoms with Gasteiger partial charge in [-0.15, -0.1) is 0 Å². The zero-order valence-corrected chi connectivity index (χ0v) is 15.0. The molecule has 26 heavy (non-hydrogen) atoms. The van der Waals surface area contributed by atoms with E-state index >= 15 is 0 Å². The maximum atomic E-state index is 12.3. The summed E-state index contributed by atoms with van der Waals surface area (Å²) in [5.74, 6) is 0.0820. The zero-order valence-electron chi connectivity index (χ0n) is 14.1. The van der Waals surface area contributed by atoms with Crippen molar-refractivity contribution in [3.05, 3.63) is 48.0 Å². The zero-order chi connectivity index (χ0) is 18.9. The van der Waals surface area contributed by atoms with E-state index in [0.717, 1.165) is 5.56 Å². The van der Waals surface area contributed by atoms with E-state index in [4.69, 9.17) is 4.74 Å². The number of benzene rings is 2. The fourth-order valence-corrected chi connectivity index (χ4v) is 3.36. The number of rotatable bonds is 3. The number of carbonyl (C=O) groups excluding carboxylic acids is 2. The van der Waals surface area contributed by atoms with E-state index in [1.54, 1.807) is 37.4 Å². The van der Waals surface area contributed by atoms with Crippen LogP contribution >= 0.6 is 0 Å². The van der Waals surface area contributed by atoms with Gasteiger partial charge in [0, 0.05) is 7.05 Å². The molecule has 1 aliphatic heterocycles. The Kier molecular flexibility index (Phi) is 4.56. The van der Waals surface area contributed by atoms with E-state index in [0.29, 0.717) is 11.4 Å². The fourth-order valence-electron chi connectivity index (χ4n) is 2.45. The van der Waals surface area contributed by atoms with Gasteiger partial charge in [0.2, 0.25) is 0 Å². The minimum atomic E-state index is -4.00. The molecular formula is C17H17N3O5S. The van der Waals surface area contributed by atoms with Gasteiger partial charge in [-0.1, -0.05) is 23.8 Å². The van der Waals surface area contributed by atoms with E-state index in [-0.39, 0.29) is 23.1 Å². The number of hydrogen-bond acceptors (Lipinski definition) is 5. The van der Waals surface area contributed by atoms with Crippen molar-refractivity contribution < 1.29 is 22.7 Å². The third-order valence-electron chi connectivity index (χ3n) is 3.88. The molecule has 0 aromatic heterocycles. The van der Waals surface area contributed by atoms with Gasteiger partial charge in [0.25, 0.3) is 15.9 Å². The molecule has 0 fully saturated rings. The highest BCUT2D eigenvalue weighted by atomic mass is 32.2. The quantitative estimate of drug-likeness (QED) is 0.852. The van der Waals surface area contributed by atoms with Gasteiger partial charge >= 0.3 is 6.03 Å². The Bertz CT molecular complexity index is 970. The third-order valence-corrected chi connectivity index (χ3v) is 5.22. The van der Waals surface area contributed by atoms with E-state index < -0.39 is 16.1 Å². The minimum Gasteiger partial charge on any atom is -0.479 e. The summed E-state index contributed by atoms with van der Waals surface area (Å²) >= 11 is 0. The van der Waals surface area contributed by atoms with Gasteiger partial charge in [-0.3, -0.25) is 4.79 Å². The molecule has 8 nitrogen and oxygen atoms in total. The van der Waals surface area contributed by atoms with Crippen LogP contribution in [0.5, 0.6) is 5.75 Å². The molecule has 2 aromatic carbocycles. The number of nitrogens with one attached hydrogen (secondary N) is 2. The van der Waals surface area contributed by atoms with Crippen LogP contribution in [0.4, 0.5) is 16.2 Å². The highest BCUT2D eigenvalue weighted by Gasteiger charge is 2.25. The second-order valence-corrected chi connectivity index (χ2v) is 7.45. The van der Waals surface area contributed by atoms with Crippen molar-refractivity contribution in [2.45, 2.75) is 11.8 Å². The summed E-state index contributed by atoms with van der Waals surface area (Å²) < 4.78 is 31.9. The molecule has 1 heterocycles. The van der Waals surface area contributed by atoms with Crippen molar-refractivity contribution in [2.24, 2.45) is 0 Å². The van der Waals surface area contributed by atoms with Gasteiger partial charge in [-0.05, 0) is 31.2 Å². The van der Waals surface area contributed by atoms with Gasteiger partial charge in [0.15, 0.2) is 12.4 Å². The second kappa shape index (κ2) is 6.68. The predicted molar refractivity (Wildman–Crippen MR) is 95.9 cm³/mol. The first-order chi connectivity index (χ1) is 12.3. The summed E-state index contributed by atoms with van der Waals surface area (Å²) in [6.07, 6.45) is 0. The smallest absolute Gasteiger partial charge is 0.333 e. The summed E-state index contributed by atoms with van der Waals surface area (Å²) in [6, 6.07) is 10.0. The highest BCUT2D eigenvalue weighted by Crippen LogP contribution is 2.37. The third kappa shape index (κ3) is 3.47. The number of carbonyl (C=O) groups is 2. The van der Waals surface area contributed by atoms with Crippen molar-refractivity contribution in [3.63, 3.8) is 0 Å². The lowest BCUT2D eigenvalue weighted by Crippen LogP contribution is -2.37. The SMILES string of the molecule is Cc1ccc(S(=O)(=O)NC(=O)Nc2cccc3c2OCC(=O)N3C)cc1. The van der Waals surface area contributed by atoms with Crippen LogP contribution < -0.4 is 19.7 Å². The lowest BCUT2D eigenvalue weighted by atomic mass is 10.2. The average molecular weight is 375 g/mol. The largest absolute Gasteiger partial charge is 0.479 e. The molecule has 9 heteroatoms. The van der Waals surface area contributed by atoms with E-state index in [1.807, 2.05) is 11.6 Å². The molecule has 0 unspecified atom stereocenters. The number of amides is 3. The molecule has 0 radical (unpaired) electrons. The van der Waals surface area contributed by atoms with Crippen molar-refractivity contribution in [3.8, 4) is 5.75 Å². The number of para-hydroxylation sites is 1. The van der Waals surface area contributed by atoms with Crippen molar-refractivity contribution in [1.82, 2.24) is 4.72 Å². The molecule has 3 rings (SSSR count). The number of nitrogens with zero attached hydrogens (tertiary/aromatic N) is 1. The first-order valence-electron chi connectivity index (χ1n) is 7.71. The van der Waals surface area contributed by atoms with Gasteiger partial charge in [0.05, 0.1) is 16.3 Å². The normalized spacial score (nSPS) is 13.6. The molecular weight excluding hydrogens is 358 g/mol. The maximum absolute atomic E-state index is 12.3. The van der Waals surface area contributed by atoms with Crippen LogP contribution in [0.2, 0.25) is 0 Å². The molecule has 0 saturated heterocycles. The Morgan fingerprint density at radius 1 is 1.15 bits per heavy atom. The van der Waals surface area contributed by atoms with Crippen LogP contribution in [-0.4, -0.2) is 34.0 Å². The number of urea groups is 1. The van der Waals surface area contributed by atoms with Gasteiger partial charge in [-0.2, -0.15) is 0 Å². The molecule has 0 spiro atoms. The summed E-state index contributed by atoms with van der Waals surface area (Å²) in [7, 11) is -2.41. The number of hydrogen-bond donors (Lipinski definition) is 2. The molecule has 0 saturated carbocycles. The molecule has 0 bridgehead atoms. The summed E-state index contributed by atoms with van der Waals surface area (Å²) in [5.41, 5.74) is 1.65. The molecule has 0 aliphatic carbocycles. The fraction of sp³-hybridized carbons (Fsp3) is 0.176. The Balaban J connectivity index is 1.79. The summed E-state index contributed by atoms with van der Waals surface area (Å²) in [5, 5.41) is 2.45. The van der Waals surface area contributed by atoms with Crippen LogP contribution in [0.15, 0.2) is 47.4 Å². The van der Waals surface area contributed by atoms with Crippen LogP contribution in [0.1, 0.15) is 5.56 Å². The Morgan fingerprint density at radius 2 is 1.85 bits per heavy atom. The van der Waals surface area contributed by atoms with Crippen molar-refractivity contribution >= 4 is 33.3 Å². The summed E-state index contributed by atoms with van der Waals surface area (Å²) in [4.78, 5) is 25.2. The molecule has 136 valence electrons. The number of fused-ring (bicyclic) bond motifs is 1. The lowest BCUT2D eigenvalue weighted by molar-refractivity contribution is -0.120. The topological polar surface area (TPSA) is 105 Å². The van der Waals surface area contributed by atoms with Crippen molar-refractivity contribution in [1.29, 1.82) is 0 Å².